The average Bonchev–Trinajstić information content (AvgIpc) is 2.62. The highest BCUT2D eigenvalue weighted by atomic mass is 32.2. The zero-order valence-corrected chi connectivity index (χ0v) is 10.5. The van der Waals surface area contributed by atoms with E-state index in [0.29, 0.717) is 5.82 Å². The Hall–Kier alpha value is -1.44. The summed E-state index contributed by atoms with van der Waals surface area (Å²) in [6.45, 7) is 3.62. The van der Waals surface area contributed by atoms with E-state index in [1.165, 1.54) is 4.90 Å². The standard InChI is InChI=1S/C9H14N4O3S/c1-6-5-17(15,16)4-3-13(6)9(14)8-10-7(2)11-12-8/h6H,3-5H2,1-2H3,(H,10,11,12). The Balaban J connectivity index is 2.16. The number of H-pyrrole nitrogens is 1. The van der Waals surface area contributed by atoms with Gasteiger partial charge in [0.1, 0.15) is 5.82 Å². The van der Waals surface area contributed by atoms with Crippen LogP contribution < -0.4 is 0 Å². The maximum absolute atomic E-state index is 12.0. The average molecular weight is 258 g/mol. The second-order valence-electron chi connectivity index (χ2n) is 4.21. The number of aryl methyl sites for hydroxylation is 1. The van der Waals surface area contributed by atoms with E-state index in [1.807, 2.05) is 0 Å². The molecule has 2 heterocycles. The summed E-state index contributed by atoms with van der Waals surface area (Å²) < 4.78 is 22.8. The van der Waals surface area contributed by atoms with Gasteiger partial charge in [0.05, 0.1) is 11.5 Å². The van der Waals surface area contributed by atoms with E-state index in [2.05, 4.69) is 15.2 Å². The van der Waals surface area contributed by atoms with Crippen LogP contribution in [0.1, 0.15) is 23.4 Å². The molecule has 1 N–H and O–H groups in total. The van der Waals surface area contributed by atoms with E-state index >= 15 is 0 Å². The van der Waals surface area contributed by atoms with Gasteiger partial charge in [-0.25, -0.2) is 13.4 Å². The minimum atomic E-state index is -3.02. The van der Waals surface area contributed by atoms with Crippen molar-refractivity contribution in [3.05, 3.63) is 11.6 Å². The first kappa shape index (κ1) is 12.0. The van der Waals surface area contributed by atoms with Crippen molar-refractivity contribution in [3.63, 3.8) is 0 Å². The lowest BCUT2D eigenvalue weighted by molar-refractivity contribution is 0.0700. The van der Waals surface area contributed by atoms with Gasteiger partial charge in [-0.15, -0.1) is 5.10 Å². The lowest BCUT2D eigenvalue weighted by Gasteiger charge is -2.32. The van der Waals surface area contributed by atoms with Crippen LogP contribution in [0, 0.1) is 6.92 Å². The van der Waals surface area contributed by atoms with E-state index in [9.17, 15) is 13.2 Å². The van der Waals surface area contributed by atoms with E-state index in [-0.39, 0.29) is 35.8 Å². The smallest absolute Gasteiger partial charge is 0.293 e. The van der Waals surface area contributed by atoms with Crippen LogP contribution in [0.15, 0.2) is 0 Å². The Morgan fingerprint density at radius 2 is 2.24 bits per heavy atom. The minimum Gasteiger partial charge on any atom is -0.331 e. The minimum absolute atomic E-state index is 0.00213. The van der Waals surface area contributed by atoms with Crippen LogP contribution in [0.25, 0.3) is 0 Å². The molecule has 1 fully saturated rings. The van der Waals surface area contributed by atoms with Crippen LogP contribution in [0.3, 0.4) is 0 Å². The molecule has 0 aromatic carbocycles. The summed E-state index contributed by atoms with van der Waals surface area (Å²) in [6, 6.07) is -0.333. The lowest BCUT2D eigenvalue weighted by Crippen LogP contribution is -2.50. The molecule has 0 spiro atoms. The maximum atomic E-state index is 12.0. The Labute approximate surface area is 99.1 Å². The summed E-state index contributed by atoms with van der Waals surface area (Å²) in [5.41, 5.74) is 0. The number of carbonyl (C=O) groups excluding carboxylic acids is 1. The molecular formula is C9H14N4O3S. The van der Waals surface area contributed by atoms with Gasteiger partial charge in [0, 0.05) is 12.6 Å². The summed E-state index contributed by atoms with van der Waals surface area (Å²) in [5.74, 6) is 0.338. The van der Waals surface area contributed by atoms with Crippen molar-refractivity contribution in [2.24, 2.45) is 0 Å². The number of hydrogen-bond donors (Lipinski definition) is 1. The molecule has 1 aromatic rings. The third kappa shape index (κ3) is 2.46. The molecule has 1 atom stereocenters. The molecule has 0 bridgehead atoms. The molecule has 2 rings (SSSR count). The van der Waals surface area contributed by atoms with Gasteiger partial charge < -0.3 is 4.90 Å². The summed E-state index contributed by atoms with van der Waals surface area (Å²) >= 11 is 0. The highest BCUT2D eigenvalue weighted by Gasteiger charge is 2.33. The van der Waals surface area contributed by atoms with Crippen LogP contribution >= 0.6 is 0 Å². The molecule has 1 aromatic heterocycles. The lowest BCUT2D eigenvalue weighted by atomic mass is 10.3. The van der Waals surface area contributed by atoms with Crippen molar-refractivity contribution >= 4 is 15.7 Å². The zero-order chi connectivity index (χ0) is 12.6. The van der Waals surface area contributed by atoms with Gasteiger partial charge in [-0.1, -0.05) is 0 Å². The molecule has 1 unspecified atom stereocenters. The van der Waals surface area contributed by atoms with Gasteiger partial charge in [-0.05, 0) is 13.8 Å². The molecule has 17 heavy (non-hydrogen) atoms. The molecule has 0 saturated carbocycles. The Morgan fingerprint density at radius 3 is 2.76 bits per heavy atom. The molecule has 1 aliphatic heterocycles. The number of amides is 1. The van der Waals surface area contributed by atoms with Crippen LogP contribution in [0.4, 0.5) is 0 Å². The highest BCUT2D eigenvalue weighted by Crippen LogP contribution is 2.13. The first-order valence-corrected chi connectivity index (χ1v) is 7.11. The number of rotatable bonds is 1. The Bertz CT molecular complexity index is 536. The third-order valence-corrected chi connectivity index (χ3v) is 4.51. The Kier molecular flexibility index (Phi) is 2.90. The third-order valence-electron chi connectivity index (χ3n) is 2.72. The summed E-state index contributed by atoms with van der Waals surface area (Å²) in [5, 5.41) is 6.38. The fourth-order valence-corrected chi connectivity index (χ4v) is 3.42. The van der Waals surface area contributed by atoms with Gasteiger partial charge in [0.25, 0.3) is 5.91 Å². The van der Waals surface area contributed by atoms with E-state index in [4.69, 9.17) is 0 Å². The van der Waals surface area contributed by atoms with Gasteiger partial charge in [0.15, 0.2) is 9.84 Å². The number of hydrogen-bond acceptors (Lipinski definition) is 5. The quantitative estimate of drug-likeness (QED) is 0.723. The van der Waals surface area contributed by atoms with E-state index in [1.54, 1.807) is 13.8 Å². The topological polar surface area (TPSA) is 96.0 Å². The summed E-state index contributed by atoms with van der Waals surface area (Å²) in [7, 11) is -3.02. The van der Waals surface area contributed by atoms with Crippen LogP contribution in [-0.4, -0.2) is 58.5 Å². The largest absolute Gasteiger partial charge is 0.331 e. The number of aromatic nitrogens is 3. The fourth-order valence-electron chi connectivity index (χ4n) is 1.87. The van der Waals surface area contributed by atoms with Crippen LogP contribution in [0.5, 0.6) is 0 Å². The van der Waals surface area contributed by atoms with Gasteiger partial charge in [-0.2, -0.15) is 0 Å². The first-order valence-electron chi connectivity index (χ1n) is 5.29. The predicted octanol–water partition coefficient (Wildman–Crippen LogP) is -0.628. The fraction of sp³-hybridized carbons (Fsp3) is 0.667. The second kappa shape index (κ2) is 4.10. The number of aromatic amines is 1. The molecule has 0 radical (unpaired) electrons. The summed E-state index contributed by atoms with van der Waals surface area (Å²) in [6.07, 6.45) is 0. The number of carbonyl (C=O) groups is 1. The maximum Gasteiger partial charge on any atom is 0.293 e. The predicted molar refractivity (Wildman–Crippen MR) is 60.3 cm³/mol. The Morgan fingerprint density at radius 1 is 1.53 bits per heavy atom. The molecule has 8 heteroatoms. The normalized spacial score (nSPS) is 23.6. The molecule has 1 amide bonds. The monoisotopic (exact) mass is 258 g/mol. The summed E-state index contributed by atoms with van der Waals surface area (Å²) in [4.78, 5) is 17.5. The molecule has 1 saturated heterocycles. The highest BCUT2D eigenvalue weighted by molar-refractivity contribution is 7.91. The SMILES string of the molecule is Cc1nc(C(=O)N2CCS(=O)(=O)CC2C)n[nH]1. The van der Waals surface area contributed by atoms with Crippen molar-refractivity contribution in [1.29, 1.82) is 0 Å². The van der Waals surface area contributed by atoms with Gasteiger partial charge in [0.2, 0.25) is 5.82 Å². The molecule has 0 aliphatic carbocycles. The molecular weight excluding hydrogens is 244 g/mol. The first-order chi connectivity index (χ1) is 7.89. The number of nitrogens with zero attached hydrogens (tertiary/aromatic N) is 3. The van der Waals surface area contributed by atoms with Crippen molar-refractivity contribution in [3.8, 4) is 0 Å². The van der Waals surface area contributed by atoms with Crippen molar-refractivity contribution < 1.29 is 13.2 Å². The molecule has 7 nitrogen and oxygen atoms in total. The van der Waals surface area contributed by atoms with E-state index in [0.717, 1.165) is 0 Å². The van der Waals surface area contributed by atoms with Crippen LogP contribution in [-0.2, 0) is 9.84 Å². The van der Waals surface area contributed by atoms with Gasteiger partial charge >= 0.3 is 0 Å². The van der Waals surface area contributed by atoms with E-state index < -0.39 is 9.84 Å². The zero-order valence-electron chi connectivity index (χ0n) is 9.67. The van der Waals surface area contributed by atoms with Crippen molar-refractivity contribution in [1.82, 2.24) is 20.1 Å². The number of nitrogens with one attached hydrogen (secondary N) is 1. The molecule has 1 aliphatic rings. The van der Waals surface area contributed by atoms with Crippen molar-refractivity contribution in [2.45, 2.75) is 19.9 Å². The second-order valence-corrected chi connectivity index (χ2v) is 6.44. The van der Waals surface area contributed by atoms with Crippen LogP contribution in [0.2, 0.25) is 0 Å². The number of sulfone groups is 1. The van der Waals surface area contributed by atoms with Crippen molar-refractivity contribution in [2.75, 3.05) is 18.1 Å². The molecule has 94 valence electrons. The van der Waals surface area contributed by atoms with Gasteiger partial charge in [-0.3, -0.25) is 9.89 Å².